The fourth-order valence-electron chi connectivity index (χ4n) is 1.82. The summed E-state index contributed by atoms with van der Waals surface area (Å²) in [5.41, 5.74) is 1.41. The van der Waals surface area contributed by atoms with Gasteiger partial charge in [0.1, 0.15) is 6.33 Å². The quantitative estimate of drug-likeness (QED) is 0.772. The van der Waals surface area contributed by atoms with Crippen molar-refractivity contribution in [2.75, 3.05) is 24.5 Å². The third-order valence-corrected chi connectivity index (χ3v) is 3.15. The molecule has 1 unspecified atom stereocenters. The van der Waals surface area contributed by atoms with Gasteiger partial charge in [0.25, 0.3) is 0 Å². The minimum absolute atomic E-state index is 0.151. The molecule has 0 amide bonds. The van der Waals surface area contributed by atoms with E-state index in [-0.39, 0.29) is 12.7 Å². The molecule has 1 aliphatic heterocycles. The van der Waals surface area contributed by atoms with Crippen LogP contribution in [0.5, 0.6) is 11.5 Å². The predicted octanol–water partition coefficient (Wildman–Crippen LogP) is 0.403. The molecule has 1 aliphatic rings. The number of aliphatic hydroxyl groups excluding tert-OH is 1. The van der Waals surface area contributed by atoms with Gasteiger partial charge in [-0.05, 0) is 10.4 Å². The number of aliphatic hydroxyl groups is 1. The Labute approximate surface area is 119 Å². The van der Waals surface area contributed by atoms with E-state index in [0.717, 1.165) is 0 Å². The number of halogens is 1. The molecule has 1 atom stereocenters. The predicted molar refractivity (Wildman–Crippen MR) is 70.5 cm³/mol. The SMILES string of the molecule is OC(CCl)CNc1cc2c(cc1-n1cnnn1)OCO2. The first kappa shape index (κ1) is 12.9. The second kappa shape index (κ2) is 5.51. The van der Waals surface area contributed by atoms with Crippen molar-refractivity contribution in [2.24, 2.45) is 0 Å². The van der Waals surface area contributed by atoms with Crippen molar-refractivity contribution in [2.45, 2.75) is 6.10 Å². The molecule has 0 radical (unpaired) electrons. The van der Waals surface area contributed by atoms with Crippen molar-refractivity contribution in [3.63, 3.8) is 0 Å². The van der Waals surface area contributed by atoms with E-state index in [4.69, 9.17) is 21.1 Å². The zero-order valence-corrected chi connectivity index (χ0v) is 11.1. The molecule has 8 nitrogen and oxygen atoms in total. The van der Waals surface area contributed by atoms with Crippen LogP contribution >= 0.6 is 11.6 Å². The van der Waals surface area contributed by atoms with Gasteiger partial charge in [0.05, 0.1) is 23.4 Å². The fraction of sp³-hybridized carbons (Fsp3) is 0.364. The van der Waals surface area contributed by atoms with E-state index >= 15 is 0 Å². The number of alkyl halides is 1. The second-order valence-electron chi connectivity index (χ2n) is 4.17. The number of hydrogen-bond acceptors (Lipinski definition) is 7. The first-order chi connectivity index (χ1) is 9.78. The van der Waals surface area contributed by atoms with Crippen molar-refractivity contribution in [3.05, 3.63) is 18.5 Å². The number of fused-ring (bicyclic) bond motifs is 1. The molecule has 2 heterocycles. The van der Waals surface area contributed by atoms with Crippen LogP contribution in [-0.4, -0.2) is 50.6 Å². The van der Waals surface area contributed by atoms with Crippen molar-refractivity contribution >= 4 is 17.3 Å². The van der Waals surface area contributed by atoms with Gasteiger partial charge in [-0.2, -0.15) is 4.68 Å². The van der Waals surface area contributed by atoms with Crippen LogP contribution in [0.2, 0.25) is 0 Å². The number of tetrazole rings is 1. The maximum Gasteiger partial charge on any atom is 0.231 e. The summed E-state index contributed by atoms with van der Waals surface area (Å²) in [5.74, 6) is 1.40. The van der Waals surface area contributed by atoms with Gasteiger partial charge in [-0.15, -0.1) is 16.7 Å². The van der Waals surface area contributed by atoms with Crippen molar-refractivity contribution in [1.82, 2.24) is 20.2 Å². The van der Waals surface area contributed by atoms with Gasteiger partial charge in [0.2, 0.25) is 6.79 Å². The van der Waals surface area contributed by atoms with Gasteiger partial charge in [0.15, 0.2) is 11.5 Å². The molecular formula is C11H12ClN5O3. The number of rotatable bonds is 5. The Morgan fingerprint density at radius 3 is 2.90 bits per heavy atom. The highest BCUT2D eigenvalue weighted by molar-refractivity contribution is 6.18. The maximum absolute atomic E-state index is 9.54. The molecule has 9 heteroatoms. The maximum atomic E-state index is 9.54. The van der Waals surface area contributed by atoms with Gasteiger partial charge in [-0.25, -0.2) is 0 Å². The minimum atomic E-state index is -0.649. The summed E-state index contributed by atoms with van der Waals surface area (Å²) in [6, 6.07) is 3.55. The lowest BCUT2D eigenvalue weighted by Gasteiger charge is -2.14. The number of benzene rings is 1. The van der Waals surface area contributed by atoms with Crippen LogP contribution in [0.1, 0.15) is 0 Å². The van der Waals surface area contributed by atoms with Crippen molar-refractivity contribution in [1.29, 1.82) is 0 Å². The Kier molecular flexibility index (Phi) is 3.57. The highest BCUT2D eigenvalue weighted by atomic mass is 35.5. The summed E-state index contributed by atoms with van der Waals surface area (Å²) in [6.07, 6.45) is 0.824. The lowest BCUT2D eigenvalue weighted by Crippen LogP contribution is -2.21. The third kappa shape index (κ3) is 2.47. The number of hydrogen-bond donors (Lipinski definition) is 2. The highest BCUT2D eigenvalue weighted by Gasteiger charge is 2.19. The van der Waals surface area contributed by atoms with E-state index in [0.29, 0.717) is 29.4 Å². The van der Waals surface area contributed by atoms with Gasteiger partial charge >= 0.3 is 0 Å². The Balaban J connectivity index is 1.94. The molecule has 3 rings (SSSR count). The average molecular weight is 298 g/mol. The van der Waals surface area contributed by atoms with Crippen LogP contribution in [0.4, 0.5) is 5.69 Å². The smallest absolute Gasteiger partial charge is 0.231 e. The van der Waals surface area contributed by atoms with Gasteiger partial charge in [0, 0.05) is 18.7 Å². The van der Waals surface area contributed by atoms with Crippen molar-refractivity contribution < 1.29 is 14.6 Å². The molecule has 0 saturated heterocycles. The van der Waals surface area contributed by atoms with E-state index in [2.05, 4.69) is 20.8 Å². The highest BCUT2D eigenvalue weighted by Crippen LogP contribution is 2.38. The average Bonchev–Trinajstić information content (AvgIpc) is 3.13. The number of nitrogens with one attached hydrogen (secondary N) is 1. The topological polar surface area (TPSA) is 94.3 Å². The lowest BCUT2D eigenvalue weighted by molar-refractivity contribution is 0.174. The monoisotopic (exact) mass is 297 g/mol. The largest absolute Gasteiger partial charge is 0.454 e. The van der Waals surface area contributed by atoms with Crippen LogP contribution in [0.3, 0.4) is 0 Å². The molecule has 20 heavy (non-hydrogen) atoms. The Morgan fingerprint density at radius 2 is 2.20 bits per heavy atom. The summed E-state index contributed by atoms with van der Waals surface area (Å²) < 4.78 is 12.2. The minimum Gasteiger partial charge on any atom is -0.454 e. The molecule has 1 aromatic carbocycles. The van der Waals surface area contributed by atoms with Gasteiger partial charge in [-0.1, -0.05) is 0 Å². The van der Waals surface area contributed by atoms with Crippen LogP contribution in [-0.2, 0) is 0 Å². The number of nitrogens with zero attached hydrogens (tertiary/aromatic N) is 4. The zero-order valence-electron chi connectivity index (χ0n) is 10.4. The molecule has 0 spiro atoms. The summed E-state index contributed by atoms with van der Waals surface area (Å²) in [6.45, 7) is 0.483. The fourth-order valence-corrected chi connectivity index (χ4v) is 1.93. The molecule has 1 aromatic heterocycles. The van der Waals surface area contributed by atoms with Gasteiger partial charge in [-0.3, -0.25) is 0 Å². The Bertz CT molecular complexity index is 592. The Hall–Kier alpha value is -2.06. The zero-order chi connectivity index (χ0) is 13.9. The lowest BCUT2D eigenvalue weighted by atomic mass is 10.2. The molecular weight excluding hydrogens is 286 g/mol. The normalized spacial score (nSPS) is 14.3. The molecule has 106 valence electrons. The first-order valence-corrected chi connectivity index (χ1v) is 6.46. The Morgan fingerprint density at radius 1 is 1.40 bits per heavy atom. The first-order valence-electron chi connectivity index (χ1n) is 5.93. The molecule has 2 aromatic rings. The summed E-state index contributed by atoms with van der Waals surface area (Å²) >= 11 is 5.58. The number of anilines is 1. The third-order valence-electron chi connectivity index (χ3n) is 2.79. The summed E-state index contributed by atoms with van der Waals surface area (Å²) in [7, 11) is 0. The van der Waals surface area contributed by atoms with Crippen LogP contribution in [0, 0.1) is 0 Å². The van der Waals surface area contributed by atoms with Crippen LogP contribution in [0.15, 0.2) is 18.5 Å². The molecule has 2 N–H and O–H groups in total. The van der Waals surface area contributed by atoms with E-state index in [1.807, 2.05) is 0 Å². The summed E-state index contributed by atoms with van der Waals surface area (Å²) in [5, 5.41) is 23.7. The van der Waals surface area contributed by atoms with Crippen LogP contribution < -0.4 is 14.8 Å². The van der Waals surface area contributed by atoms with E-state index in [1.165, 1.54) is 11.0 Å². The molecule has 0 fully saturated rings. The van der Waals surface area contributed by atoms with Crippen molar-refractivity contribution in [3.8, 4) is 17.2 Å². The van der Waals surface area contributed by atoms with Gasteiger partial charge < -0.3 is 19.9 Å². The van der Waals surface area contributed by atoms with E-state index in [9.17, 15) is 5.11 Å². The van der Waals surface area contributed by atoms with E-state index < -0.39 is 6.10 Å². The molecule has 0 saturated carbocycles. The summed E-state index contributed by atoms with van der Waals surface area (Å²) in [4.78, 5) is 0. The number of ether oxygens (including phenoxy) is 2. The second-order valence-corrected chi connectivity index (χ2v) is 4.47. The van der Waals surface area contributed by atoms with Crippen LogP contribution in [0.25, 0.3) is 5.69 Å². The number of aromatic nitrogens is 4. The molecule has 0 aliphatic carbocycles. The molecule has 0 bridgehead atoms. The standard InChI is InChI=1S/C11H12ClN5O3/c12-3-7(18)4-13-8-1-10-11(20-6-19-10)2-9(8)17-5-14-15-16-17/h1-2,5,7,13,18H,3-4,6H2. The van der Waals surface area contributed by atoms with E-state index in [1.54, 1.807) is 12.1 Å².